The van der Waals surface area contributed by atoms with Gasteiger partial charge in [-0.25, -0.2) is 18.2 Å². The van der Waals surface area contributed by atoms with Crippen molar-refractivity contribution in [3.63, 3.8) is 0 Å². The maximum atomic E-state index is 12.4. The third kappa shape index (κ3) is 1.79. The predicted octanol–water partition coefficient (Wildman–Crippen LogP) is -0.0637. The van der Waals surface area contributed by atoms with Gasteiger partial charge in [0.15, 0.2) is 5.65 Å². The van der Waals surface area contributed by atoms with Crippen LogP contribution in [0, 0.1) is 11.3 Å². The Labute approximate surface area is 120 Å². The Morgan fingerprint density at radius 3 is 2.57 bits per heavy atom. The molecule has 1 saturated carbocycles. The van der Waals surface area contributed by atoms with Crippen molar-refractivity contribution < 1.29 is 8.42 Å². The minimum Gasteiger partial charge on any atom is -0.292 e. The lowest BCUT2D eigenvalue weighted by molar-refractivity contribution is 0.216. The number of nitriles is 1. The smallest absolute Gasteiger partial charge is 0.292 e. The van der Waals surface area contributed by atoms with Gasteiger partial charge in [-0.05, 0) is 19.3 Å². The zero-order valence-electron chi connectivity index (χ0n) is 11.6. The van der Waals surface area contributed by atoms with E-state index in [-0.39, 0.29) is 16.5 Å². The third-order valence-corrected chi connectivity index (χ3v) is 4.79. The molecular weight excluding hydrogens is 294 g/mol. The second kappa shape index (κ2) is 4.14. The van der Waals surface area contributed by atoms with Crippen LogP contribution in [-0.4, -0.2) is 33.8 Å². The summed E-state index contributed by atoms with van der Waals surface area (Å²) < 4.78 is 25.8. The standard InChI is InChI=1S/C12H13N5O3S/c1-16-8-6-14-10(21(2,19)20)15-9(8)17(11(16)18)12(7-13)4-3-5-12/h6H,3-5H2,1-2H3. The van der Waals surface area contributed by atoms with E-state index < -0.39 is 15.4 Å². The Hall–Kier alpha value is -2.21. The molecule has 0 bridgehead atoms. The molecule has 1 aliphatic carbocycles. The van der Waals surface area contributed by atoms with Gasteiger partial charge in [0.2, 0.25) is 15.0 Å². The van der Waals surface area contributed by atoms with Crippen LogP contribution in [0.5, 0.6) is 0 Å². The van der Waals surface area contributed by atoms with Gasteiger partial charge in [0.05, 0.1) is 12.3 Å². The van der Waals surface area contributed by atoms with Gasteiger partial charge >= 0.3 is 5.69 Å². The SMILES string of the molecule is Cn1c(=O)n(C2(C#N)CCC2)c2nc(S(C)(=O)=O)ncc21. The summed E-state index contributed by atoms with van der Waals surface area (Å²) in [7, 11) is -2.04. The first kappa shape index (κ1) is 13.8. The summed E-state index contributed by atoms with van der Waals surface area (Å²) in [6.07, 6.45) is 4.27. The molecule has 0 saturated heterocycles. The van der Waals surface area contributed by atoms with Gasteiger partial charge in [0.25, 0.3) is 0 Å². The fourth-order valence-corrected chi connectivity index (χ4v) is 3.05. The van der Waals surface area contributed by atoms with E-state index in [1.54, 1.807) is 7.05 Å². The number of aryl methyl sites for hydroxylation is 1. The van der Waals surface area contributed by atoms with E-state index >= 15 is 0 Å². The molecule has 0 radical (unpaired) electrons. The van der Waals surface area contributed by atoms with Gasteiger partial charge in [-0.15, -0.1) is 0 Å². The zero-order chi connectivity index (χ0) is 15.4. The Balaban J connectivity index is 2.42. The van der Waals surface area contributed by atoms with E-state index in [9.17, 15) is 18.5 Å². The molecule has 0 spiro atoms. The average Bonchev–Trinajstić information content (AvgIpc) is 2.62. The van der Waals surface area contributed by atoms with Gasteiger partial charge in [-0.2, -0.15) is 10.2 Å². The quantitative estimate of drug-likeness (QED) is 0.718. The number of hydrogen-bond acceptors (Lipinski definition) is 6. The van der Waals surface area contributed by atoms with Gasteiger partial charge in [0, 0.05) is 13.3 Å². The zero-order valence-corrected chi connectivity index (χ0v) is 12.4. The first-order chi connectivity index (χ1) is 9.80. The van der Waals surface area contributed by atoms with Gasteiger partial charge in [-0.3, -0.25) is 9.13 Å². The summed E-state index contributed by atoms with van der Waals surface area (Å²) in [5, 5.41) is 9.09. The van der Waals surface area contributed by atoms with Crippen molar-refractivity contribution in [3.8, 4) is 6.07 Å². The Kier molecular flexibility index (Phi) is 2.71. The number of fused-ring (bicyclic) bond motifs is 1. The summed E-state index contributed by atoms with van der Waals surface area (Å²) in [6, 6.07) is 2.18. The molecule has 0 N–H and O–H groups in total. The van der Waals surface area contributed by atoms with Crippen molar-refractivity contribution in [1.82, 2.24) is 19.1 Å². The van der Waals surface area contributed by atoms with Crippen LogP contribution in [0.4, 0.5) is 0 Å². The third-order valence-electron chi connectivity index (χ3n) is 3.93. The fraction of sp³-hybridized carbons (Fsp3) is 0.500. The second-order valence-corrected chi connectivity index (χ2v) is 7.22. The molecule has 9 heteroatoms. The van der Waals surface area contributed by atoms with E-state index in [4.69, 9.17) is 0 Å². The molecule has 2 aromatic rings. The summed E-state index contributed by atoms with van der Waals surface area (Å²) in [4.78, 5) is 20.2. The van der Waals surface area contributed by atoms with E-state index in [2.05, 4.69) is 16.0 Å². The highest BCUT2D eigenvalue weighted by molar-refractivity contribution is 7.90. The van der Waals surface area contributed by atoms with Crippen LogP contribution in [0.15, 0.2) is 16.1 Å². The van der Waals surface area contributed by atoms with Gasteiger partial charge in [0.1, 0.15) is 11.1 Å². The molecule has 3 rings (SSSR count). The van der Waals surface area contributed by atoms with E-state index in [1.165, 1.54) is 15.3 Å². The van der Waals surface area contributed by atoms with Crippen LogP contribution >= 0.6 is 0 Å². The molecule has 21 heavy (non-hydrogen) atoms. The Morgan fingerprint density at radius 1 is 1.43 bits per heavy atom. The molecule has 2 aromatic heterocycles. The van der Waals surface area contributed by atoms with Crippen molar-refractivity contribution in [1.29, 1.82) is 5.26 Å². The first-order valence-corrected chi connectivity index (χ1v) is 8.25. The predicted molar refractivity (Wildman–Crippen MR) is 73.3 cm³/mol. The lowest BCUT2D eigenvalue weighted by atomic mass is 9.78. The van der Waals surface area contributed by atoms with Gasteiger partial charge < -0.3 is 0 Å². The minimum atomic E-state index is -3.59. The lowest BCUT2D eigenvalue weighted by Gasteiger charge is -2.35. The molecule has 1 fully saturated rings. The fourth-order valence-electron chi connectivity index (χ4n) is 2.56. The molecule has 0 unspecified atom stereocenters. The maximum absolute atomic E-state index is 12.4. The largest absolute Gasteiger partial charge is 0.331 e. The number of nitrogens with zero attached hydrogens (tertiary/aromatic N) is 5. The van der Waals surface area contributed by atoms with Crippen LogP contribution in [0.1, 0.15) is 19.3 Å². The topological polar surface area (TPSA) is 111 Å². The van der Waals surface area contributed by atoms with Crippen molar-refractivity contribution in [2.75, 3.05) is 6.26 Å². The summed E-state index contributed by atoms with van der Waals surface area (Å²) in [6.45, 7) is 0. The highest BCUT2D eigenvalue weighted by atomic mass is 32.2. The van der Waals surface area contributed by atoms with Crippen LogP contribution in [-0.2, 0) is 22.4 Å². The summed E-state index contributed by atoms with van der Waals surface area (Å²) in [5.74, 6) is 0. The van der Waals surface area contributed by atoms with Crippen LogP contribution in [0.25, 0.3) is 11.2 Å². The van der Waals surface area contributed by atoms with Crippen molar-refractivity contribution in [2.24, 2.45) is 7.05 Å². The molecule has 0 aromatic carbocycles. The normalized spacial score (nSPS) is 17.4. The number of imidazole rings is 1. The maximum Gasteiger partial charge on any atom is 0.331 e. The number of rotatable bonds is 2. The van der Waals surface area contributed by atoms with E-state index in [0.29, 0.717) is 18.4 Å². The molecular formula is C12H13N5O3S. The minimum absolute atomic E-state index is 0.194. The van der Waals surface area contributed by atoms with E-state index in [0.717, 1.165) is 12.7 Å². The average molecular weight is 307 g/mol. The lowest BCUT2D eigenvalue weighted by Crippen LogP contribution is -2.45. The van der Waals surface area contributed by atoms with Crippen LogP contribution in [0.3, 0.4) is 0 Å². The molecule has 8 nitrogen and oxygen atoms in total. The Bertz CT molecular complexity index is 944. The second-order valence-electron chi connectivity index (χ2n) is 5.31. The van der Waals surface area contributed by atoms with Gasteiger partial charge in [-0.1, -0.05) is 0 Å². The molecule has 0 atom stereocenters. The molecule has 0 amide bonds. The van der Waals surface area contributed by atoms with Crippen molar-refractivity contribution in [2.45, 2.75) is 30.0 Å². The van der Waals surface area contributed by atoms with Crippen molar-refractivity contribution >= 4 is 21.0 Å². The molecule has 110 valence electrons. The molecule has 1 aliphatic rings. The van der Waals surface area contributed by atoms with Crippen molar-refractivity contribution in [3.05, 3.63) is 16.7 Å². The first-order valence-electron chi connectivity index (χ1n) is 6.36. The number of aromatic nitrogens is 4. The monoisotopic (exact) mass is 307 g/mol. The highest BCUT2D eigenvalue weighted by Crippen LogP contribution is 2.39. The Morgan fingerprint density at radius 2 is 2.10 bits per heavy atom. The van der Waals surface area contributed by atoms with Crippen LogP contribution in [0.2, 0.25) is 0 Å². The molecule has 0 aliphatic heterocycles. The molecule has 2 heterocycles. The highest BCUT2D eigenvalue weighted by Gasteiger charge is 2.42. The number of sulfone groups is 1. The summed E-state index contributed by atoms with van der Waals surface area (Å²) >= 11 is 0. The van der Waals surface area contributed by atoms with E-state index in [1.807, 2.05) is 0 Å². The number of hydrogen-bond donors (Lipinski definition) is 0. The van der Waals surface area contributed by atoms with Crippen LogP contribution < -0.4 is 5.69 Å². The summed E-state index contributed by atoms with van der Waals surface area (Å²) in [5.41, 5.74) is -0.709.